The van der Waals surface area contributed by atoms with Gasteiger partial charge < -0.3 is 5.73 Å². The van der Waals surface area contributed by atoms with Crippen LogP contribution in [-0.4, -0.2) is 4.98 Å². The Kier molecular flexibility index (Phi) is 2.92. The predicted molar refractivity (Wildman–Crippen MR) is 64.0 cm³/mol. The number of nitrogen functional groups attached to an aromatic ring is 1. The minimum absolute atomic E-state index is 0.559. The van der Waals surface area contributed by atoms with Gasteiger partial charge in [0.1, 0.15) is 5.82 Å². The van der Waals surface area contributed by atoms with Gasteiger partial charge >= 0.3 is 0 Å². The zero-order chi connectivity index (χ0) is 10.7. The maximum atomic E-state index is 5.52. The number of hydrogen-bond donors (Lipinski definition) is 1. The number of benzene rings is 1. The van der Waals surface area contributed by atoms with Crippen LogP contribution >= 0.6 is 11.8 Å². The molecule has 0 aliphatic carbocycles. The summed E-state index contributed by atoms with van der Waals surface area (Å²) in [4.78, 5) is 6.38. The summed E-state index contributed by atoms with van der Waals surface area (Å²) < 4.78 is 0. The van der Waals surface area contributed by atoms with Crippen LogP contribution in [0.3, 0.4) is 0 Å². The lowest BCUT2D eigenvalue weighted by molar-refractivity contribution is 1.24. The summed E-state index contributed by atoms with van der Waals surface area (Å²) in [5.41, 5.74) is 6.79. The van der Waals surface area contributed by atoms with Crippen LogP contribution in [0.2, 0.25) is 0 Å². The van der Waals surface area contributed by atoms with Crippen LogP contribution in [0, 0.1) is 6.92 Å². The first kappa shape index (κ1) is 10.1. The van der Waals surface area contributed by atoms with Crippen LogP contribution in [0.5, 0.6) is 0 Å². The van der Waals surface area contributed by atoms with Crippen LogP contribution in [0.1, 0.15) is 5.56 Å². The van der Waals surface area contributed by atoms with Gasteiger partial charge in [0.15, 0.2) is 0 Å². The van der Waals surface area contributed by atoms with E-state index < -0.39 is 0 Å². The maximum absolute atomic E-state index is 5.52. The zero-order valence-corrected chi connectivity index (χ0v) is 9.29. The smallest absolute Gasteiger partial charge is 0.123 e. The molecule has 0 radical (unpaired) electrons. The van der Waals surface area contributed by atoms with Gasteiger partial charge in [-0.05, 0) is 31.2 Å². The van der Waals surface area contributed by atoms with E-state index in [-0.39, 0.29) is 0 Å². The Bertz CT molecular complexity index is 451. The highest BCUT2D eigenvalue weighted by atomic mass is 32.2. The molecule has 1 heterocycles. The van der Waals surface area contributed by atoms with Gasteiger partial charge in [0.05, 0.1) is 0 Å². The Labute approximate surface area is 93.5 Å². The van der Waals surface area contributed by atoms with Crippen LogP contribution in [0.25, 0.3) is 0 Å². The molecule has 1 aromatic heterocycles. The summed E-state index contributed by atoms with van der Waals surface area (Å²) in [6.45, 7) is 2.09. The molecule has 3 heteroatoms. The summed E-state index contributed by atoms with van der Waals surface area (Å²) >= 11 is 1.69. The normalized spacial score (nSPS) is 10.2. The van der Waals surface area contributed by atoms with Crippen molar-refractivity contribution in [2.75, 3.05) is 5.73 Å². The monoisotopic (exact) mass is 216 g/mol. The molecule has 0 unspecified atom stereocenters. The number of hydrogen-bond acceptors (Lipinski definition) is 3. The quantitative estimate of drug-likeness (QED) is 0.838. The van der Waals surface area contributed by atoms with Crippen molar-refractivity contribution in [2.45, 2.75) is 16.7 Å². The zero-order valence-electron chi connectivity index (χ0n) is 8.47. The van der Waals surface area contributed by atoms with Gasteiger partial charge in [0.25, 0.3) is 0 Å². The van der Waals surface area contributed by atoms with Crippen molar-refractivity contribution in [1.29, 1.82) is 0 Å². The largest absolute Gasteiger partial charge is 0.384 e. The van der Waals surface area contributed by atoms with E-state index >= 15 is 0 Å². The molecule has 0 bridgehead atoms. The summed E-state index contributed by atoms with van der Waals surface area (Å²) in [5.74, 6) is 0.559. The van der Waals surface area contributed by atoms with Crippen molar-refractivity contribution < 1.29 is 0 Å². The molecule has 15 heavy (non-hydrogen) atoms. The van der Waals surface area contributed by atoms with Crippen molar-refractivity contribution in [1.82, 2.24) is 4.98 Å². The molecule has 0 saturated heterocycles. The highest BCUT2D eigenvalue weighted by Crippen LogP contribution is 2.27. The first-order valence-electron chi connectivity index (χ1n) is 4.70. The van der Waals surface area contributed by atoms with Crippen molar-refractivity contribution in [3.8, 4) is 0 Å². The van der Waals surface area contributed by atoms with Crippen molar-refractivity contribution in [3.63, 3.8) is 0 Å². The highest BCUT2D eigenvalue weighted by Gasteiger charge is 1.97. The van der Waals surface area contributed by atoms with Gasteiger partial charge in [-0.15, -0.1) is 0 Å². The number of pyridine rings is 1. The molecular formula is C12H12N2S. The van der Waals surface area contributed by atoms with Crippen LogP contribution in [0.15, 0.2) is 52.4 Å². The predicted octanol–water partition coefficient (Wildman–Crippen LogP) is 3.12. The highest BCUT2D eigenvalue weighted by molar-refractivity contribution is 7.99. The fraction of sp³-hybridized carbons (Fsp3) is 0.0833. The summed E-state index contributed by atoms with van der Waals surface area (Å²) in [6, 6.07) is 12.2. The average molecular weight is 216 g/mol. The topological polar surface area (TPSA) is 38.9 Å². The van der Waals surface area contributed by atoms with Gasteiger partial charge in [-0.2, -0.15) is 0 Å². The molecule has 0 amide bonds. The summed E-state index contributed by atoms with van der Waals surface area (Å²) in [5, 5.41) is 0. The first-order chi connectivity index (χ1) is 7.24. The second kappa shape index (κ2) is 4.36. The SMILES string of the molecule is Cc1cccc(Sc2ccc(N)nc2)c1. The second-order valence-corrected chi connectivity index (χ2v) is 4.48. The summed E-state index contributed by atoms with van der Waals surface area (Å²) in [6.07, 6.45) is 1.79. The van der Waals surface area contributed by atoms with Crippen molar-refractivity contribution in [3.05, 3.63) is 48.2 Å². The Hall–Kier alpha value is -1.48. The molecule has 0 spiro atoms. The molecule has 2 nitrogen and oxygen atoms in total. The van der Waals surface area contributed by atoms with Crippen LogP contribution in [0.4, 0.5) is 5.82 Å². The number of aromatic nitrogens is 1. The first-order valence-corrected chi connectivity index (χ1v) is 5.52. The number of anilines is 1. The van der Waals surface area contributed by atoms with E-state index in [1.165, 1.54) is 10.5 Å². The Morgan fingerprint density at radius 3 is 2.67 bits per heavy atom. The van der Waals surface area contributed by atoms with Gasteiger partial charge in [0.2, 0.25) is 0 Å². The van der Waals surface area contributed by atoms with Gasteiger partial charge in [0, 0.05) is 16.0 Å². The Morgan fingerprint density at radius 1 is 1.13 bits per heavy atom. The fourth-order valence-corrected chi connectivity index (χ4v) is 2.17. The standard InChI is InChI=1S/C12H12N2S/c1-9-3-2-4-10(7-9)15-11-5-6-12(13)14-8-11/h2-8H,1H3,(H2,13,14). The number of rotatable bonds is 2. The van der Waals surface area contributed by atoms with Crippen molar-refractivity contribution >= 4 is 17.6 Å². The number of aryl methyl sites for hydroxylation is 1. The van der Waals surface area contributed by atoms with E-state index in [0.717, 1.165) is 4.90 Å². The van der Waals surface area contributed by atoms with E-state index in [2.05, 4.69) is 36.2 Å². The molecule has 1 aromatic carbocycles. The van der Waals surface area contributed by atoms with E-state index in [9.17, 15) is 0 Å². The minimum Gasteiger partial charge on any atom is -0.384 e. The molecule has 2 aromatic rings. The molecule has 0 saturated carbocycles. The molecule has 0 aliphatic heterocycles. The lowest BCUT2D eigenvalue weighted by atomic mass is 10.2. The lowest BCUT2D eigenvalue weighted by Gasteiger charge is -2.02. The third-order valence-electron chi connectivity index (χ3n) is 1.98. The second-order valence-electron chi connectivity index (χ2n) is 3.34. The molecule has 0 fully saturated rings. The molecule has 0 aliphatic rings. The fourth-order valence-electron chi connectivity index (χ4n) is 1.27. The lowest BCUT2D eigenvalue weighted by Crippen LogP contribution is -1.87. The van der Waals surface area contributed by atoms with E-state index in [0.29, 0.717) is 5.82 Å². The molecular weight excluding hydrogens is 204 g/mol. The third-order valence-corrected chi connectivity index (χ3v) is 2.95. The van der Waals surface area contributed by atoms with Crippen molar-refractivity contribution in [2.24, 2.45) is 0 Å². The van der Waals surface area contributed by atoms with Gasteiger partial charge in [-0.1, -0.05) is 29.5 Å². The Morgan fingerprint density at radius 2 is 2.00 bits per heavy atom. The maximum Gasteiger partial charge on any atom is 0.123 e. The number of nitrogens with two attached hydrogens (primary N) is 1. The van der Waals surface area contributed by atoms with Gasteiger partial charge in [-0.3, -0.25) is 0 Å². The molecule has 2 N–H and O–H groups in total. The third kappa shape index (κ3) is 2.73. The average Bonchev–Trinajstić information content (AvgIpc) is 2.22. The molecule has 0 atom stereocenters. The molecule has 76 valence electrons. The molecule has 2 rings (SSSR count). The minimum atomic E-state index is 0.559. The van der Waals surface area contributed by atoms with Crippen LogP contribution < -0.4 is 5.73 Å². The van der Waals surface area contributed by atoms with E-state index in [1.807, 2.05) is 12.1 Å². The van der Waals surface area contributed by atoms with Gasteiger partial charge in [-0.25, -0.2) is 4.98 Å². The number of nitrogens with zero attached hydrogens (tertiary/aromatic N) is 1. The van der Waals surface area contributed by atoms with E-state index in [4.69, 9.17) is 5.73 Å². The summed E-state index contributed by atoms with van der Waals surface area (Å²) in [7, 11) is 0. The van der Waals surface area contributed by atoms with Crippen LogP contribution in [-0.2, 0) is 0 Å². The Balaban J connectivity index is 2.18. The van der Waals surface area contributed by atoms with E-state index in [1.54, 1.807) is 18.0 Å².